The predicted octanol–water partition coefficient (Wildman–Crippen LogP) is 4.05. The van der Waals surface area contributed by atoms with Gasteiger partial charge in [0.1, 0.15) is 0 Å². The summed E-state index contributed by atoms with van der Waals surface area (Å²) in [5.74, 6) is -0.891. The van der Waals surface area contributed by atoms with E-state index in [1.807, 2.05) is 0 Å². The Morgan fingerprint density at radius 2 is 1.94 bits per heavy atom. The SMILES string of the molecule is O=C(O)CCCC1C=C(c2ccc3c(c2)C(O)(C(F)(F)F)c2cccc(CO)c2-3)C=N1. The summed E-state index contributed by atoms with van der Waals surface area (Å²) < 4.78 is 42.3. The van der Waals surface area contributed by atoms with E-state index in [0.29, 0.717) is 29.5 Å². The van der Waals surface area contributed by atoms with E-state index >= 15 is 0 Å². The second-order valence-corrected chi connectivity index (χ2v) is 7.72. The number of carbonyl (C=O) groups is 1. The van der Waals surface area contributed by atoms with Crippen LogP contribution in [0.15, 0.2) is 47.5 Å². The second-order valence-electron chi connectivity index (χ2n) is 7.72. The summed E-state index contributed by atoms with van der Waals surface area (Å²) in [5, 5.41) is 29.3. The molecule has 5 nitrogen and oxygen atoms in total. The van der Waals surface area contributed by atoms with E-state index in [0.717, 1.165) is 0 Å². The molecule has 2 aromatic rings. The molecule has 2 unspecified atom stereocenters. The number of nitrogens with zero attached hydrogens (tertiary/aromatic N) is 1. The highest BCUT2D eigenvalue weighted by atomic mass is 19.4. The highest BCUT2D eigenvalue weighted by Gasteiger charge is 2.61. The van der Waals surface area contributed by atoms with Crippen LogP contribution in [0.3, 0.4) is 0 Å². The summed E-state index contributed by atoms with van der Waals surface area (Å²) in [4.78, 5) is 15.0. The Morgan fingerprint density at radius 3 is 2.61 bits per heavy atom. The molecular weight excluding hydrogens is 411 g/mol. The van der Waals surface area contributed by atoms with Crippen molar-refractivity contribution in [2.45, 2.75) is 43.7 Å². The van der Waals surface area contributed by atoms with Crippen LogP contribution in [-0.4, -0.2) is 39.7 Å². The monoisotopic (exact) mass is 431 g/mol. The first kappa shape index (κ1) is 21.3. The average Bonchev–Trinajstić information content (AvgIpc) is 3.29. The molecule has 0 radical (unpaired) electrons. The second kappa shape index (κ2) is 7.62. The summed E-state index contributed by atoms with van der Waals surface area (Å²) in [6.45, 7) is -0.450. The third-order valence-corrected chi connectivity index (χ3v) is 5.80. The fraction of sp³-hybridized carbons (Fsp3) is 0.304. The van der Waals surface area contributed by atoms with Crippen molar-refractivity contribution >= 4 is 17.8 Å². The van der Waals surface area contributed by atoms with Crippen molar-refractivity contribution < 1.29 is 33.3 Å². The van der Waals surface area contributed by atoms with Gasteiger partial charge in [-0.05, 0) is 46.7 Å². The van der Waals surface area contributed by atoms with Crippen LogP contribution in [0.4, 0.5) is 13.2 Å². The number of aliphatic hydroxyl groups excluding tert-OH is 1. The van der Waals surface area contributed by atoms with Crippen LogP contribution < -0.4 is 0 Å². The molecule has 162 valence electrons. The molecule has 0 bridgehead atoms. The molecule has 0 amide bonds. The van der Waals surface area contributed by atoms with E-state index in [1.165, 1.54) is 30.3 Å². The van der Waals surface area contributed by atoms with Crippen LogP contribution in [0.2, 0.25) is 0 Å². The summed E-state index contributed by atoms with van der Waals surface area (Å²) >= 11 is 0. The molecule has 1 heterocycles. The lowest BCUT2D eigenvalue weighted by atomic mass is 9.89. The van der Waals surface area contributed by atoms with Gasteiger partial charge < -0.3 is 15.3 Å². The largest absolute Gasteiger partial charge is 0.481 e. The molecule has 8 heteroatoms. The van der Waals surface area contributed by atoms with Crippen molar-refractivity contribution in [1.29, 1.82) is 0 Å². The minimum Gasteiger partial charge on any atom is -0.481 e. The zero-order chi connectivity index (χ0) is 22.4. The number of hydrogen-bond donors (Lipinski definition) is 3. The van der Waals surface area contributed by atoms with Crippen LogP contribution in [0.1, 0.15) is 41.5 Å². The highest BCUT2D eigenvalue weighted by Crippen LogP contribution is 2.56. The third-order valence-electron chi connectivity index (χ3n) is 5.80. The molecule has 2 atom stereocenters. The quantitative estimate of drug-likeness (QED) is 0.644. The van der Waals surface area contributed by atoms with E-state index in [4.69, 9.17) is 5.11 Å². The Labute approximate surface area is 176 Å². The molecule has 3 N–H and O–H groups in total. The van der Waals surface area contributed by atoms with E-state index < -0.39 is 24.4 Å². The van der Waals surface area contributed by atoms with E-state index in [1.54, 1.807) is 18.4 Å². The van der Waals surface area contributed by atoms with Gasteiger partial charge in [-0.2, -0.15) is 13.2 Å². The number of alkyl halides is 3. The van der Waals surface area contributed by atoms with Gasteiger partial charge in [0.2, 0.25) is 5.60 Å². The van der Waals surface area contributed by atoms with Crippen molar-refractivity contribution in [3.63, 3.8) is 0 Å². The highest BCUT2D eigenvalue weighted by molar-refractivity contribution is 6.12. The van der Waals surface area contributed by atoms with Gasteiger partial charge in [-0.1, -0.05) is 36.4 Å². The predicted molar refractivity (Wildman–Crippen MR) is 109 cm³/mol. The zero-order valence-corrected chi connectivity index (χ0v) is 16.4. The number of allylic oxidation sites excluding steroid dienone is 1. The van der Waals surface area contributed by atoms with E-state index in [2.05, 4.69) is 4.99 Å². The summed E-state index contributed by atoms with van der Waals surface area (Å²) in [7, 11) is 0. The molecule has 1 aliphatic carbocycles. The maximum absolute atomic E-state index is 14.1. The first-order chi connectivity index (χ1) is 14.7. The average molecular weight is 431 g/mol. The lowest BCUT2D eigenvalue weighted by Crippen LogP contribution is -2.41. The van der Waals surface area contributed by atoms with Gasteiger partial charge in [-0.3, -0.25) is 9.79 Å². The molecular formula is C23H20F3NO4. The number of aliphatic hydroxyl groups is 2. The summed E-state index contributed by atoms with van der Waals surface area (Å²) in [6, 6.07) is 8.43. The van der Waals surface area contributed by atoms with Crippen molar-refractivity contribution in [2.75, 3.05) is 0 Å². The number of fused-ring (bicyclic) bond motifs is 3. The maximum atomic E-state index is 14.1. The molecule has 4 rings (SSSR count). The normalized spacial score (nSPS) is 21.7. The Balaban J connectivity index is 1.75. The van der Waals surface area contributed by atoms with Crippen LogP contribution in [0.5, 0.6) is 0 Å². The molecule has 0 spiro atoms. The standard InChI is InChI=1S/C23H20F3NO4/c24-23(25,26)22(31)18-5-1-3-14(12-28)21(18)17-8-7-13(10-19(17)22)15-9-16(27-11-15)4-2-6-20(29)30/h1,3,5,7-11,16,28,31H,2,4,6,12H2,(H,29,30). The zero-order valence-electron chi connectivity index (χ0n) is 16.4. The Bertz CT molecular complexity index is 1110. The van der Waals surface area contributed by atoms with Crippen molar-refractivity contribution in [1.82, 2.24) is 0 Å². The lowest BCUT2D eigenvalue weighted by molar-refractivity contribution is -0.246. The van der Waals surface area contributed by atoms with Crippen molar-refractivity contribution in [3.05, 3.63) is 64.7 Å². The molecule has 1 aliphatic heterocycles. The number of rotatable bonds is 6. The smallest absolute Gasteiger partial charge is 0.425 e. The Morgan fingerprint density at radius 1 is 1.16 bits per heavy atom. The van der Waals surface area contributed by atoms with Gasteiger partial charge in [0, 0.05) is 23.8 Å². The van der Waals surface area contributed by atoms with Crippen LogP contribution in [0.25, 0.3) is 16.7 Å². The van der Waals surface area contributed by atoms with Crippen molar-refractivity contribution in [2.24, 2.45) is 4.99 Å². The minimum absolute atomic E-state index is 0.0259. The summed E-state index contributed by atoms with van der Waals surface area (Å²) in [6.07, 6.45) is -0.624. The van der Waals surface area contributed by atoms with E-state index in [9.17, 15) is 28.2 Å². The number of hydrogen-bond acceptors (Lipinski definition) is 4. The number of benzene rings is 2. The molecule has 0 saturated carbocycles. The number of aliphatic carboxylic acids is 1. The Hall–Kier alpha value is -2.97. The number of halogens is 3. The van der Waals surface area contributed by atoms with Crippen molar-refractivity contribution in [3.8, 4) is 11.1 Å². The molecule has 0 aromatic heterocycles. The molecule has 0 fully saturated rings. The molecule has 2 aliphatic rings. The van der Waals surface area contributed by atoms with Crippen LogP contribution >= 0.6 is 0 Å². The van der Waals surface area contributed by atoms with E-state index in [-0.39, 0.29) is 34.7 Å². The van der Waals surface area contributed by atoms with Gasteiger partial charge in [0.05, 0.1) is 12.6 Å². The fourth-order valence-corrected chi connectivity index (χ4v) is 4.30. The third kappa shape index (κ3) is 3.45. The number of aliphatic imine (C=N–C) groups is 1. The number of carboxylic acid groups (broad SMARTS) is 1. The molecule has 2 aromatic carbocycles. The lowest BCUT2D eigenvalue weighted by Gasteiger charge is -2.28. The van der Waals surface area contributed by atoms with Gasteiger partial charge in [0.15, 0.2) is 0 Å². The first-order valence-electron chi connectivity index (χ1n) is 9.81. The van der Waals surface area contributed by atoms with Gasteiger partial charge in [0.25, 0.3) is 0 Å². The van der Waals surface area contributed by atoms with Gasteiger partial charge >= 0.3 is 12.1 Å². The number of carboxylic acids is 1. The summed E-state index contributed by atoms with van der Waals surface area (Å²) in [5.41, 5.74) is -1.92. The van der Waals surface area contributed by atoms with Crippen LogP contribution in [0, 0.1) is 0 Å². The topological polar surface area (TPSA) is 90.1 Å². The molecule has 31 heavy (non-hydrogen) atoms. The van der Waals surface area contributed by atoms with Gasteiger partial charge in [-0.25, -0.2) is 0 Å². The first-order valence-corrected chi connectivity index (χ1v) is 9.81. The minimum atomic E-state index is -4.96. The fourth-order valence-electron chi connectivity index (χ4n) is 4.30. The van der Waals surface area contributed by atoms with Crippen LogP contribution in [-0.2, 0) is 17.0 Å². The molecule has 0 saturated heterocycles. The van der Waals surface area contributed by atoms with Gasteiger partial charge in [-0.15, -0.1) is 0 Å². The maximum Gasteiger partial charge on any atom is 0.425 e. The Kier molecular flexibility index (Phi) is 5.23.